The van der Waals surface area contributed by atoms with Gasteiger partial charge in [0.25, 0.3) is 0 Å². The van der Waals surface area contributed by atoms with E-state index in [1.165, 1.54) is 0 Å². The predicted octanol–water partition coefficient (Wildman–Crippen LogP) is 4.27. The zero-order valence-electron chi connectivity index (χ0n) is 13.7. The van der Waals surface area contributed by atoms with Gasteiger partial charge in [-0.25, -0.2) is 0 Å². The van der Waals surface area contributed by atoms with E-state index in [-0.39, 0.29) is 28.6 Å². The molecule has 1 fully saturated rings. The van der Waals surface area contributed by atoms with Gasteiger partial charge in [-0.3, -0.25) is 9.59 Å². The topological polar surface area (TPSA) is 34.1 Å². The number of hydrogen-bond acceptors (Lipinski definition) is 2. The second-order valence-corrected chi connectivity index (χ2v) is 8.38. The van der Waals surface area contributed by atoms with Crippen LogP contribution in [0.3, 0.4) is 0 Å². The lowest BCUT2D eigenvalue weighted by Gasteiger charge is -2.39. The van der Waals surface area contributed by atoms with E-state index in [1.807, 2.05) is 6.92 Å². The van der Waals surface area contributed by atoms with E-state index in [4.69, 9.17) is 0 Å². The minimum atomic E-state index is -0.0630. The molecule has 0 aromatic rings. The van der Waals surface area contributed by atoms with Crippen molar-refractivity contribution in [1.82, 2.24) is 0 Å². The summed E-state index contributed by atoms with van der Waals surface area (Å²) in [6.07, 6.45) is 2.00. The van der Waals surface area contributed by atoms with Gasteiger partial charge in [-0.05, 0) is 23.7 Å². The molecule has 0 heterocycles. The molecule has 1 aliphatic rings. The molecule has 0 aliphatic heterocycles. The average Bonchev–Trinajstić information content (AvgIpc) is 2.20. The Morgan fingerprint density at radius 2 is 1.37 bits per heavy atom. The minimum absolute atomic E-state index is 0.00373. The second kappa shape index (κ2) is 5.38. The molecule has 0 N–H and O–H groups in total. The summed E-state index contributed by atoms with van der Waals surface area (Å²) < 4.78 is 0. The molecule has 0 amide bonds. The van der Waals surface area contributed by atoms with E-state index < -0.39 is 0 Å². The fourth-order valence-corrected chi connectivity index (χ4v) is 3.12. The molecule has 3 atom stereocenters. The first-order chi connectivity index (χ1) is 8.44. The highest BCUT2D eigenvalue weighted by atomic mass is 16.1. The lowest BCUT2D eigenvalue weighted by Crippen LogP contribution is -2.41. The van der Waals surface area contributed by atoms with Gasteiger partial charge in [0.05, 0.1) is 0 Å². The molecule has 2 nitrogen and oxygen atoms in total. The van der Waals surface area contributed by atoms with Gasteiger partial charge in [-0.1, -0.05) is 48.5 Å². The van der Waals surface area contributed by atoms with Crippen LogP contribution in [0, 0.1) is 28.6 Å². The van der Waals surface area contributed by atoms with Crippen LogP contribution in [-0.4, -0.2) is 11.6 Å². The second-order valence-electron chi connectivity index (χ2n) is 8.38. The van der Waals surface area contributed by atoms with Gasteiger partial charge in [0.2, 0.25) is 0 Å². The van der Waals surface area contributed by atoms with Crippen LogP contribution in [0.2, 0.25) is 0 Å². The quantitative estimate of drug-likeness (QED) is 0.656. The molecule has 1 saturated carbocycles. The number of hydrogen-bond donors (Lipinski definition) is 0. The van der Waals surface area contributed by atoms with Gasteiger partial charge in [-0.15, -0.1) is 0 Å². The summed E-state index contributed by atoms with van der Waals surface area (Å²) in [6.45, 7) is 14.7. The summed E-state index contributed by atoms with van der Waals surface area (Å²) in [5.41, 5.74) is -0.117. The Balaban J connectivity index is 3.12. The Kier molecular flexibility index (Phi) is 4.64. The normalized spacial score (nSPS) is 31.0. The third-order valence-corrected chi connectivity index (χ3v) is 4.60. The maximum Gasteiger partial charge on any atom is 0.139 e. The fourth-order valence-electron chi connectivity index (χ4n) is 3.12. The number of rotatable bonds is 0. The third kappa shape index (κ3) is 3.90. The SMILES string of the molecule is CC1CCC(=O)C(C(C)(C)C)CC(C(C)(C)C)C1=O. The number of ketones is 2. The molecule has 2 heteroatoms. The maximum atomic E-state index is 12.6. The highest BCUT2D eigenvalue weighted by Crippen LogP contribution is 2.42. The van der Waals surface area contributed by atoms with Crippen molar-refractivity contribution in [2.24, 2.45) is 28.6 Å². The van der Waals surface area contributed by atoms with E-state index in [9.17, 15) is 9.59 Å². The molecular formula is C17H30O2. The van der Waals surface area contributed by atoms with Crippen LogP contribution in [0.5, 0.6) is 0 Å². The van der Waals surface area contributed by atoms with Gasteiger partial charge >= 0.3 is 0 Å². The van der Waals surface area contributed by atoms with E-state index >= 15 is 0 Å². The minimum Gasteiger partial charge on any atom is -0.299 e. The zero-order valence-corrected chi connectivity index (χ0v) is 13.7. The van der Waals surface area contributed by atoms with Gasteiger partial charge in [0.15, 0.2) is 0 Å². The first kappa shape index (κ1) is 16.4. The highest BCUT2D eigenvalue weighted by Gasteiger charge is 2.42. The molecule has 3 unspecified atom stereocenters. The van der Waals surface area contributed by atoms with E-state index in [0.29, 0.717) is 18.0 Å². The molecule has 0 spiro atoms. The van der Waals surface area contributed by atoms with Crippen LogP contribution in [0.4, 0.5) is 0 Å². The summed E-state index contributed by atoms with van der Waals surface area (Å²) in [5, 5.41) is 0. The van der Waals surface area contributed by atoms with Crippen LogP contribution in [0.25, 0.3) is 0 Å². The molecule has 0 radical (unpaired) electrons. The lowest BCUT2D eigenvalue weighted by atomic mass is 9.63. The molecule has 110 valence electrons. The molecule has 19 heavy (non-hydrogen) atoms. The first-order valence-electron chi connectivity index (χ1n) is 7.51. The fraction of sp³-hybridized carbons (Fsp3) is 0.882. The molecule has 1 rings (SSSR count). The molecule has 0 saturated heterocycles. The van der Waals surface area contributed by atoms with Crippen molar-refractivity contribution >= 4 is 11.6 Å². The summed E-state index contributed by atoms with van der Waals surface area (Å²) in [7, 11) is 0. The molecule has 0 aromatic carbocycles. The van der Waals surface area contributed by atoms with Crippen molar-refractivity contribution in [3.8, 4) is 0 Å². The highest BCUT2D eigenvalue weighted by molar-refractivity contribution is 5.88. The Labute approximate surface area is 118 Å². The Hall–Kier alpha value is -0.660. The number of Topliss-reactive ketones (excluding diaryl/α,β-unsaturated/α-hetero) is 2. The third-order valence-electron chi connectivity index (χ3n) is 4.60. The van der Waals surface area contributed by atoms with Crippen molar-refractivity contribution in [3.63, 3.8) is 0 Å². The molecule has 0 bridgehead atoms. The van der Waals surface area contributed by atoms with Crippen LogP contribution in [-0.2, 0) is 9.59 Å². The number of carbonyl (C=O) groups is 2. The zero-order chi connectivity index (χ0) is 15.0. The number of carbonyl (C=O) groups excluding carboxylic acids is 2. The molecule has 0 aromatic heterocycles. The van der Waals surface area contributed by atoms with Crippen LogP contribution < -0.4 is 0 Å². The summed E-state index contributed by atoms with van der Waals surface area (Å²) in [6, 6.07) is 0. The maximum absolute atomic E-state index is 12.6. The van der Waals surface area contributed by atoms with E-state index in [1.54, 1.807) is 0 Å². The summed E-state index contributed by atoms with van der Waals surface area (Å²) in [5.74, 6) is 0.730. The first-order valence-corrected chi connectivity index (χ1v) is 7.51. The Morgan fingerprint density at radius 1 is 0.895 bits per heavy atom. The van der Waals surface area contributed by atoms with Gasteiger partial charge in [0.1, 0.15) is 11.6 Å². The Bertz CT molecular complexity index is 354. The molecule has 1 aliphatic carbocycles. The van der Waals surface area contributed by atoms with Crippen molar-refractivity contribution < 1.29 is 9.59 Å². The summed E-state index contributed by atoms with van der Waals surface area (Å²) in [4.78, 5) is 25.0. The standard InChI is InChI=1S/C17H30O2/c1-11-8-9-14(18)12(16(2,3)4)10-13(15(11)19)17(5,6)7/h11-13H,8-10H2,1-7H3. The van der Waals surface area contributed by atoms with Crippen molar-refractivity contribution in [2.75, 3.05) is 0 Å². The van der Waals surface area contributed by atoms with Gasteiger partial charge in [0, 0.05) is 24.2 Å². The van der Waals surface area contributed by atoms with Gasteiger partial charge in [-0.2, -0.15) is 0 Å². The molecular weight excluding hydrogens is 236 g/mol. The van der Waals surface area contributed by atoms with E-state index in [2.05, 4.69) is 41.5 Å². The van der Waals surface area contributed by atoms with E-state index in [0.717, 1.165) is 12.8 Å². The Morgan fingerprint density at radius 3 is 1.79 bits per heavy atom. The van der Waals surface area contributed by atoms with Crippen LogP contribution >= 0.6 is 0 Å². The monoisotopic (exact) mass is 266 g/mol. The van der Waals surface area contributed by atoms with Crippen molar-refractivity contribution in [1.29, 1.82) is 0 Å². The van der Waals surface area contributed by atoms with Crippen LogP contribution in [0.15, 0.2) is 0 Å². The van der Waals surface area contributed by atoms with Gasteiger partial charge < -0.3 is 0 Å². The summed E-state index contributed by atoms with van der Waals surface area (Å²) >= 11 is 0. The largest absolute Gasteiger partial charge is 0.299 e. The van der Waals surface area contributed by atoms with Crippen molar-refractivity contribution in [2.45, 2.75) is 67.7 Å². The van der Waals surface area contributed by atoms with Crippen LogP contribution in [0.1, 0.15) is 67.7 Å². The predicted molar refractivity (Wildman–Crippen MR) is 78.9 cm³/mol. The van der Waals surface area contributed by atoms with Crippen molar-refractivity contribution in [3.05, 3.63) is 0 Å². The smallest absolute Gasteiger partial charge is 0.139 e. The average molecular weight is 266 g/mol. The lowest BCUT2D eigenvalue weighted by molar-refractivity contribution is -0.136.